The average molecular weight is 242 g/mol. The number of benzene rings is 1. The Morgan fingerprint density at radius 3 is 2.50 bits per heavy atom. The number of aliphatic hydroxyl groups excluding tert-OH is 1. The van der Waals surface area contributed by atoms with Crippen LogP contribution in [0.2, 0.25) is 0 Å². The molecule has 5 nitrogen and oxygen atoms in total. The molecule has 5 heteroatoms. The highest BCUT2D eigenvalue weighted by molar-refractivity contribution is 6.08. The van der Waals surface area contributed by atoms with E-state index in [0.29, 0.717) is 5.56 Å². The summed E-state index contributed by atoms with van der Waals surface area (Å²) in [6, 6.07) is 8.41. The summed E-state index contributed by atoms with van der Waals surface area (Å²) in [6.07, 6.45) is 1.13. The molecule has 0 saturated carbocycles. The maximum Gasteiger partial charge on any atom is 0.262 e. The van der Waals surface area contributed by atoms with Gasteiger partial charge in [-0.1, -0.05) is 36.9 Å². The minimum absolute atomic E-state index is 0.0513. The molecule has 2 rings (SSSR count). The molecule has 2 aromatic rings. The van der Waals surface area contributed by atoms with Crippen LogP contribution in [0, 0.1) is 0 Å². The average Bonchev–Trinajstić information content (AvgIpc) is 2.38. The van der Waals surface area contributed by atoms with E-state index in [1.165, 1.54) is 0 Å². The van der Waals surface area contributed by atoms with E-state index in [2.05, 4.69) is 16.5 Å². The normalized spacial score (nSPS) is 10.0. The molecule has 0 aliphatic heterocycles. The van der Waals surface area contributed by atoms with Crippen LogP contribution in [0.15, 0.2) is 47.9 Å². The van der Waals surface area contributed by atoms with Gasteiger partial charge in [-0.3, -0.25) is 9.59 Å². The van der Waals surface area contributed by atoms with Crippen molar-refractivity contribution in [1.29, 1.82) is 0 Å². The molecule has 0 aliphatic carbocycles. The summed E-state index contributed by atoms with van der Waals surface area (Å²) < 4.78 is 0. The smallest absolute Gasteiger partial charge is 0.262 e. The van der Waals surface area contributed by atoms with Gasteiger partial charge < -0.3 is 10.1 Å². The fourth-order valence-electron chi connectivity index (χ4n) is 1.45. The molecule has 0 unspecified atom stereocenters. The van der Waals surface area contributed by atoms with Crippen molar-refractivity contribution in [3.8, 4) is 0 Å². The van der Waals surface area contributed by atoms with Crippen LogP contribution in [-0.4, -0.2) is 20.9 Å². The third-order valence-corrected chi connectivity index (χ3v) is 2.35. The number of hydrogen-bond donors (Lipinski definition) is 2. The summed E-state index contributed by atoms with van der Waals surface area (Å²) in [6.45, 7) is 3.24. The van der Waals surface area contributed by atoms with E-state index in [-0.39, 0.29) is 17.1 Å². The van der Waals surface area contributed by atoms with Gasteiger partial charge in [0, 0.05) is 11.8 Å². The summed E-state index contributed by atoms with van der Waals surface area (Å²) in [5, 5.41) is 9.08. The van der Waals surface area contributed by atoms with Crippen LogP contribution in [0.1, 0.15) is 21.7 Å². The predicted molar refractivity (Wildman–Crippen MR) is 66.4 cm³/mol. The predicted octanol–water partition coefficient (Wildman–Crippen LogP) is 1.53. The van der Waals surface area contributed by atoms with E-state index in [1.807, 2.05) is 0 Å². The molecule has 1 aromatic heterocycles. The summed E-state index contributed by atoms with van der Waals surface area (Å²) in [7, 11) is 0. The number of carbonyl (C=O) groups is 1. The molecular formula is C13H10N2O3. The second-order valence-electron chi connectivity index (χ2n) is 3.62. The highest BCUT2D eigenvalue weighted by Crippen LogP contribution is 2.06. The van der Waals surface area contributed by atoms with Crippen LogP contribution in [0.3, 0.4) is 0 Å². The first-order valence-corrected chi connectivity index (χ1v) is 5.17. The molecule has 0 fully saturated rings. The maximum atomic E-state index is 12.0. The van der Waals surface area contributed by atoms with E-state index >= 15 is 0 Å². The number of ketones is 1. The number of nitrogens with one attached hydrogen (secondary N) is 1. The number of H-pyrrole nitrogens is 1. The van der Waals surface area contributed by atoms with Crippen molar-refractivity contribution in [2.75, 3.05) is 0 Å². The van der Waals surface area contributed by atoms with Gasteiger partial charge in [0.05, 0.1) is 0 Å². The highest BCUT2D eigenvalue weighted by atomic mass is 16.3. The Morgan fingerprint density at radius 2 is 1.94 bits per heavy atom. The van der Waals surface area contributed by atoms with Crippen molar-refractivity contribution < 1.29 is 9.90 Å². The van der Waals surface area contributed by atoms with Crippen molar-refractivity contribution in [3.05, 3.63) is 70.4 Å². The topological polar surface area (TPSA) is 83.1 Å². The minimum Gasteiger partial charge on any atom is -0.505 e. The van der Waals surface area contributed by atoms with Gasteiger partial charge in [0.2, 0.25) is 0 Å². The van der Waals surface area contributed by atoms with Crippen molar-refractivity contribution in [2.24, 2.45) is 0 Å². The van der Waals surface area contributed by atoms with E-state index < -0.39 is 11.3 Å². The van der Waals surface area contributed by atoms with Crippen LogP contribution >= 0.6 is 0 Å². The molecule has 0 amide bonds. The first-order chi connectivity index (χ1) is 8.59. The summed E-state index contributed by atoms with van der Waals surface area (Å²) in [5.41, 5.74) is -0.282. The van der Waals surface area contributed by atoms with Gasteiger partial charge in [0.15, 0.2) is 17.4 Å². The zero-order chi connectivity index (χ0) is 13.1. The third kappa shape index (κ3) is 2.20. The van der Waals surface area contributed by atoms with Crippen molar-refractivity contribution >= 4 is 11.5 Å². The third-order valence-electron chi connectivity index (χ3n) is 2.35. The zero-order valence-corrected chi connectivity index (χ0v) is 9.38. The Hall–Kier alpha value is -2.69. The molecule has 1 aromatic carbocycles. The van der Waals surface area contributed by atoms with Gasteiger partial charge in [0.1, 0.15) is 5.56 Å². The standard InChI is InChI=1S/C13H10N2O3/c1-8(16)12-14-7-10(13(18)15-12)11(17)9-5-3-2-4-6-9/h2-7,16H,1H2,(H,14,15,18). The number of aromatic amines is 1. The fraction of sp³-hybridized carbons (Fsp3) is 0. The second kappa shape index (κ2) is 4.67. The molecule has 0 atom stereocenters. The Kier molecular flexibility index (Phi) is 3.05. The van der Waals surface area contributed by atoms with Crippen molar-refractivity contribution in [3.63, 3.8) is 0 Å². The van der Waals surface area contributed by atoms with E-state index in [9.17, 15) is 9.59 Å². The number of nitrogens with zero attached hydrogens (tertiary/aromatic N) is 1. The lowest BCUT2D eigenvalue weighted by molar-refractivity contribution is 0.103. The number of hydrogen-bond acceptors (Lipinski definition) is 4. The number of aliphatic hydroxyl groups is 1. The minimum atomic E-state index is -0.607. The first-order valence-electron chi connectivity index (χ1n) is 5.17. The maximum absolute atomic E-state index is 12.0. The van der Waals surface area contributed by atoms with Gasteiger partial charge >= 0.3 is 0 Å². The molecule has 2 N–H and O–H groups in total. The van der Waals surface area contributed by atoms with Crippen molar-refractivity contribution in [2.45, 2.75) is 0 Å². The van der Waals surface area contributed by atoms with Crippen LogP contribution in [0.5, 0.6) is 0 Å². The van der Waals surface area contributed by atoms with Crippen LogP contribution in [0.25, 0.3) is 5.76 Å². The van der Waals surface area contributed by atoms with Gasteiger partial charge in [-0.15, -0.1) is 0 Å². The van der Waals surface area contributed by atoms with Crippen LogP contribution < -0.4 is 5.56 Å². The monoisotopic (exact) mass is 242 g/mol. The van der Waals surface area contributed by atoms with Gasteiger partial charge in [-0.05, 0) is 0 Å². The Balaban J connectivity index is 2.44. The molecule has 0 aliphatic rings. The summed E-state index contributed by atoms with van der Waals surface area (Å²) in [5.74, 6) is -0.824. The molecule has 90 valence electrons. The second-order valence-corrected chi connectivity index (χ2v) is 3.62. The Bertz CT molecular complexity index is 659. The lowest BCUT2D eigenvalue weighted by Crippen LogP contribution is -2.20. The number of aromatic nitrogens is 2. The number of rotatable bonds is 3. The Labute approximate surface area is 102 Å². The number of carbonyl (C=O) groups excluding carboxylic acids is 1. The van der Waals surface area contributed by atoms with E-state index in [4.69, 9.17) is 5.11 Å². The van der Waals surface area contributed by atoms with Crippen LogP contribution in [-0.2, 0) is 0 Å². The molecule has 18 heavy (non-hydrogen) atoms. The van der Waals surface area contributed by atoms with Gasteiger partial charge in [-0.25, -0.2) is 4.98 Å². The fourth-order valence-corrected chi connectivity index (χ4v) is 1.45. The van der Waals surface area contributed by atoms with Crippen LogP contribution in [0.4, 0.5) is 0 Å². The van der Waals surface area contributed by atoms with Crippen molar-refractivity contribution in [1.82, 2.24) is 9.97 Å². The zero-order valence-electron chi connectivity index (χ0n) is 9.38. The molecule has 0 bridgehead atoms. The SMILES string of the molecule is C=C(O)c1ncc(C(=O)c2ccccc2)c(=O)[nH]1. The molecule has 0 spiro atoms. The first kappa shape index (κ1) is 11.8. The van der Waals surface area contributed by atoms with Gasteiger partial charge in [0.25, 0.3) is 5.56 Å². The highest BCUT2D eigenvalue weighted by Gasteiger charge is 2.14. The molecule has 0 saturated heterocycles. The molecular weight excluding hydrogens is 232 g/mol. The molecule has 0 radical (unpaired) electrons. The lowest BCUT2D eigenvalue weighted by atomic mass is 10.1. The lowest BCUT2D eigenvalue weighted by Gasteiger charge is -2.01. The van der Waals surface area contributed by atoms with E-state index in [1.54, 1.807) is 30.3 Å². The quantitative estimate of drug-likeness (QED) is 0.631. The molecule has 1 heterocycles. The summed E-state index contributed by atoms with van der Waals surface area (Å²) in [4.78, 5) is 29.7. The van der Waals surface area contributed by atoms with E-state index in [0.717, 1.165) is 6.20 Å². The summed E-state index contributed by atoms with van der Waals surface area (Å²) >= 11 is 0. The van der Waals surface area contributed by atoms with Gasteiger partial charge in [-0.2, -0.15) is 0 Å². The largest absolute Gasteiger partial charge is 0.505 e. The Morgan fingerprint density at radius 1 is 1.28 bits per heavy atom.